The van der Waals surface area contributed by atoms with Crippen molar-refractivity contribution in [2.75, 3.05) is 19.6 Å². The van der Waals surface area contributed by atoms with Crippen LogP contribution in [-0.2, 0) is 10.2 Å². The lowest BCUT2D eigenvalue weighted by Crippen LogP contribution is -2.48. The van der Waals surface area contributed by atoms with Crippen molar-refractivity contribution in [3.05, 3.63) is 35.9 Å². The van der Waals surface area contributed by atoms with Gasteiger partial charge in [0.1, 0.15) is 0 Å². The second-order valence-corrected chi connectivity index (χ2v) is 6.13. The molecular formula is C17H26N2O. The van der Waals surface area contributed by atoms with Crippen LogP contribution in [0.2, 0.25) is 0 Å². The van der Waals surface area contributed by atoms with Crippen LogP contribution in [-0.4, -0.2) is 36.5 Å². The van der Waals surface area contributed by atoms with Crippen molar-refractivity contribution in [3.8, 4) is 0 Å². The summed E-state index contributed by atoms with van der Waals surface area (Å²) in [5, 5.41) is 3.47. The van der Waals surface area contributed by atoms with Crippen molar-refractivity contribution in [2.45, 2.75) is 45.1 Å². The molecule has 0 bridgehead atoms. The number of hydrogen-bond acceptors (Lipinski definition) is 2. The van der Waals surface area contributed by atoms with Gasteiger partial charge >= 0.3 is 0 Å². The molecular weight excluding hydrogens is 248 g/mol. The number of nitrogens with zero attached hydrogens (tertiary/aromatic N) is 1. The predicted molar refractivity (Wildman–Crippen MR) is 82.7 cm³/mol. The number of nitrogens with one attached hydrogen (secondary N) is 1. The van der Waals surface area contributed by atoms with Crippen LogP contribution in [0, 0.1) is 0 Å². The zero-order chi connectivity index (χ0) is 14.6. The largest absolute Gasteiger partial charge is 0.341 e. The molecule has 1 aromatic carbocycles. The molecule has 1 N–H and O–H groups in total. The summed E-state index contributed by atoms with van der Waals surface area (Å²) in [6, 6.07) is 10.5. The first-order valence-electron chi connectivity index (χ1n) is 7.64. The number of likely N-dealkylation sites (N-methyl/N-ethyl adjacent to an activating group) is 1. The van der Waals surface area contributed by atoms with E-state index in [-0.39, 0.29) is 5.91 Å². The van der Waals surface area contributed by atoms with E-state index in [1.165, 1.54) is 12.8 Å². The van der Waals surface area contributed by atoms with Crippen LogP contribution in [0.1, 0.15) is 39.2 Å². The Bertz CT molecular complexity index is 436. The number of rotatable bonds is 5. The standard InChI is InChI=1S/C17H26N2O/c1-4-19(13-15-11-8-12-18-15)16(20)17(2,3)14-9-6-5-7-10-14/h5-7,9-10,15,18H,4,8,11-13H2,1-3H3. The molecule has 20 heavy (non-hydrogen) atoms. The smallest absolute Gasteiger partial charge is 0.232 e. The van der Waals surface area contributed by atoms with Gasteiger partial charge in [0.15, 0.2) is 0 Å². The number of amides is 1. The maximum Gasteiger partial charge on any atom is 0.232 e. The van der Waals surface area contributed by atoms with Gasteiger partial charge in [-0.25, -0.2) is 0 Å². The van der Waals surface area contributed by atoms with Gasteiger partial charge in [0.05, 0.1) is 5.41 Å². The molecule has 0 aromatic heterocycles. The highest BCUT2D eigenvalue weighted by Crippen LogP contribution is 2.26. The summed E-state index contributed by atoms with van der Waals surface area (Å²) < 4.78 is 0. The van der Waals surface area contributed by atoms with Gasteiger partial charge in [-0.15, -0.1) is 0 Å². The van der Waals surface area contributed by atoms with Gasteiger partial charge in [0.2, 0.25) is 5.91 Å². The van der Waals surface area contributed by atoms with Crippen LogP contribution >= 0.6 is 0 Å². The minimum atomic E-state index is -0.462. The van der Waals surface area contributed by atoms with Gasteiger partial charge in [0, 0.05) is 19.1 Å². The summed E-state index contributed by atoms with van der Waals surface area (Å²) >= 11 is 0. The van der Waals surface area contributed by atoms with Gasteiger partial charge < -0.3 is 10.2 Å². The number of carbonyl (C=O) groups excluding carboxylic acids is 1. The molecule has 0 saturated carbocycles. The summed E-state index contributed by atoms with van der Waals surface area (Å²) in [5.74, 6) is 0.222. The van der Waals surface area contributed by atoms with E-state index in [9.17, 15) is 4.79 Å². The third kappa shape index (κ3) is 3.21. The van der Waals surface area contributed by atoms with Crippen LogP contribution in [0.3, 0.4) is 0 Å². The first-order chi connectivity index (χ1) is 9.55. The Morgan fingerprint density at radius 2 is 2.05 bits per heavy atom. The fourth-order valence-corrected chi connectivity index (χ4v) is 2.91. The monoisotopic (exact) mass is 274 g/mol. The number of benzene rings is 1. The molecule has 1 amide bonds. The van der Waals surface area contributed by atoms with E-state index in [0.717, 1.165) is 25.2 Å². The minimum absolute atomic E-state index is 0.222. The van der Waals surface area contributed by atoms with E-state index in [1.807, 2.05) is 49.1 Å². The average molecular weight is 274 g/mol. The fourth-order valence-electron chi connectivity index (χ4n) is 2.91. The minimum Gasteiger partial charge on any atom is -0.341 e. The number of carbonyl (C=O) groups is 1. The molecule has 1 aliphatic rings. The second kappa shape index (κ2) is 6.40. The predicted octanol–water partition coefficient (Wildman–Crippen LogP) is 2.56. The van der Waals surface area contributed by atoms with E-state index < -0.39 is 5.41 Å². The third-order valence-corrected chi connectivity index (χ3v) is 4.30. The summed E-state index contributed by atoms with van der Waals surface area (Å²) in [6.45, 7) is 8.79. The van der Waals surface area contributed by atoms with E-state index in [0.29, 0.717) is 6.04 Å². The van der Waals surface area contributed by atoms with Gasteiger partial charge in [-0.1, -0.05) is 30.3 Å². The molecule has 0 radical (unpaired) electrons. The third-order valence-electron chi connectivity index (χ3n) is 4.30. The van der Waals surface area contributed by atoms with Crippen LogP contribution in [0.5, 0.6) is 0 Å². The van der Waals surface area contributed by atoms with Gasteiger partial charge in [-0.05, 0) is 45.7 Å². The Labute approximate surface area is 122 Å². The summed E-state index contributed by atoms with van der Waals surface area (Å²) in [5.41, 5.74) is 0.624. The first kappa shape index (κ1) is 15.0. The number of hydrogen-bond donors (Lipinski definition) is 1. The van der Waals surface area contributed by atoms with Crippen molar-refractivity contribution in [2.24, 2.45) is 0 Å². The van der Waals surface area contributed by atoms with Crippen molar-refractivity contribution in [1.82, 2.24) is 10.2 Å². The molecule has 0 spiro atoms. The van der Waals surface area contributed by atoms with Crippen LogP contribution < -0.4 is 5.32 Å². The van der Waals surface area contributed by atoms with E-state index >= 15 is 0 Å². The molecule has 1 atom stereocenters. The lowest BCUT2D eigenvalue weighted by molar-refractivity contribution is -0.136. The molecule has 1 unspecified atom stereocenters. The lowest BCUT2D eigenvalue weighted by Gasteiger charge is -2.33. The Hall–Kier alpha value is -1.35. The molecule has 1 aliphatic heterocycles. The molecule has 3 heteroatoms. The van der Waals surface area contributed by atoms with E-state index in [4.69, 9.17) is 0 Å². The average Bonchev–Trinajstić information content (AvgIpc) is 2.98. The Morgan fingerprint density at radius 3 is 2.60 bits per heavy atom. The molecule has 2 rings (SSSR count). The quantitative estimate of drug-likeness (QED) is 0.895. The maximum atomic E-state index is 12.9. The SMILES string of the molecule is CCN(CC1CCCN1)C(=O)C(C)(C)c1ccccc1. The second-order valence-electron chi connectivity index (χ2n) is 6.13. The first-order valence-corrected chi connectivity index (χ1v) is 7.64. The Balaban J connectivity index is 2.10. The van der Waals surface area contributed by atoms with Gasteiger partial charge in [0.25, 0.3) is 0 Å². The van der Waals surface area contributed by atoms with Gasteiger partial charge in [-0.3, -0.25) is 4.79 Å². The van der Waals surface area contributed by atoms with E-state index in [2.05, 4.69) is 12.2 Å². The molecule has 1 aromatic rings. The van der Waals surface area contributed by atoms with Crippen LogP contribution in [0.25, 0.3) is 0 Å². The molecule has 110 valence electrons. The Kier molecular flexibility index (Phi) is 4.81. The molecule has 0 aliphatic carbocycles. The Morgan fingerprint density at radius 1 is 1.35 bits per heavy atom. The van der Waals surface area contributed by atoms with Crippen molar-refractivity contribution in [3.63, 3.8) is 0 Å². The molecule has 1 heterocycles. The van der Waals surface area contributed by atoms with Crippen molar-refractivity contribution >= 4 is 5.91 Å². The highest BCUT2D eigenvalue weighted by atomic mass is 16.2. The zero-order valence-electron chi connectivity index (χ0n) is 12.9. The normalized spacial score (nSPS) is 19.1. The summed E-state index contributed by atoms with van der Waals surface area (Å²) in [7, 11) is 0. The molecule has 3 nitrogen and oxygen atoms in total. The molecule has 1 saturated heterocycles. The highest BCUT2D eigenvalue weighted by Gasteiger charge is 2.34. The molecule has 1 fully saturated rings. The highest BCUT2D eigenvalue weighted by molar-refractivity contribution is 5.87. The summed E-state index contributed by atoms with van der Waals surface area (Å²) in [4.78, 5) is 14.9. The fraction of sp³-hybridized carbons (Fsp3) is 0.588. The van der Waals surface area contributed by atoms with Crippen molar-refractivity contribution < 1.29 is 4.79 Å². The van der Waals surface area contributed by atoms with Gasteiger partial charge in [-0.2, -0.15) is 0 Å². The van der Waals surface area contributed by atoms with Crippen molar-refractivity contribution in [1.29, 1.82) is 0 Å². The summed E-state index contributed by atoms with van der Waals surface area (Å²) in [6.07, 6.45) is 2.40. The van der Waals surface area contributed by atoms with Crippen LogP contribution in [0.15, 0.2) is 30.3 Å². The van der Waals surface area contributed by atoms with Crippen LogP contribution in [0.4, 0.5) is 0 Å². The van der Waals surface area contributed by atoms with E-state index in [1.54, 1.807) is 0 Å². The topological polar surface area (TPSA) is 32.3 Å². The zero-order valence-corrected chi connectivity index (χ0v) is 12.9. The maximum absolute atomic E-state index is 12.9. The lowest BCUT2D eigenvalue weighted by atomic mass is 9.83.